The van der Waals surface area contributed by atoms with Crippen LogP contribution < -0.4 is 10.6 Å². The third-order valence-electron chi connectivity index (χ3n) is 6.09. The summed E-state index contributed by atoms with van der Waals surface area (Å²) in [5.41, 5.74) is 4.40. The van der Waals surface area contributed by atoms with Gasteiger partial charge in [-0.2, -0.15) is 0 Å². The van der Waals surface area contributed by atoms with E-state index in [1.165, 1.54) is 31.3 Å². The Morgan fingerprint density at radius 1 is 0.371 bits per heavy atom. The molecule has 3 heteroatoms. The molecule has 0 radical (unpaired) electrons. The molecule has 0 aliphatic heterocycles. The van der Waals surface area contributed by atoms with Crippen molar-refractivity contribution >= 4 is 56.1 Å². The standard InChI is InChI=1S/C32H24N2S/c1-3-13-25(14-4-1)33-31-27-17-9-7-11-23(27)19-21-29(31)35-30-22-20-24-12-8-10-18-28(24)32(30)34-26-15-5-2-6-16-26/h1-22,33-34H. The van der Waals surface area contributed by atoms with Crippen LogP contribution >= 0.6 is 11.8 Å². The molecule has 0 amide bonds. The van der Waals surface area contributed by atoms with Crippen LogP contribution in [-0.2, 0) is 0 Å². The van der Waals surface area contributed by atoms with Crippen LogP contribution in [0, 0.1) is 0 Å². The highest BCUT2D eigenvalue weighted by Crippen LogP contribution is 2.44. The molecular weight excluding hydrogens is 444 g/mol. The van der Waals surface area contributed by atoms with Crippen LogP contribution in [-0.4, -0.2) is 0 Å². The van der Waals surface area contributed by atoms with E-state index >= 15 is 0 Å². The minimum atomic E-state index is 1.08. The van der Waals surface area contributed by atoms with Gasteiger partial charge in [-0.1, -0.05) is 109 Å². The molecule has 6 aromatic rings. The van der Waals surface area contributed by atoms with E-state index in [1.54, 1.807) is 11.8 Å². The first-order valence-corrected chi connectivity index (χ1v) is 12.5. The van der Waals surface area contributed by atoms with E-state index in [1.807, 2.05) is 12.1 Å². The van der Waals surface area contributed by atoms with E-state index < -0.39 is 0 Å². The van der Waals surface area contributed by atoms with Gasteiger partial charge in [0.15, 0.2) is 0 Å². The maximum absolute atomic E-state index is 3.70. The molecule has 6 aromatic carbocycles. The number of fused-ring (bicyclic) bond motifs is 2. The average molecular weight is 469 g/mol. The minimum Gasteiger partial charge on any atom is -0.354 e. The van der Waals surface area contributed by atoms with E-state index in [-0.39, 0.29) is 0 Å². The molecule has 0 aliphatic rings. The topological polar surface area (TPSA) is 24.1 Å². The number of rotatable bonds is 6. The van der Waals surface area contributed by atoms with Crippen LogP contribution in [0.4, 0.5) is 22.7 Å². The SMILES string of the molecule is c1ccc(Nc2c(Sc3ccc4ccccc4c3Nc3ccccc3)ccc3ccccc23)cc1. The Bertz CT molecular complexity index is 1490. The largest absolute Gasteiger partial charge is 0.354 e. The molecule has 0 atom stereocenters. The maximum Gasteiger partial charge on any atom is 0.0605 e. The van der Waals surface area contributed by atoms with Gasteiger partial charge < -0.3 is 10.6 Å². The van der Waals surface area contributed by atoms with Gasteiger partial charge in [-0.25, -0.2) is 0 Å². The Balaban J connectivity index is 1.49. The second-order valence-electron chi connectivity index (χ2n) is 8.40. The van der Waals surface area contributed by atoms with Crippen molar-refractivity contribution in [1.82, 2.24) is 0 Å². The Kier molecular flexibility index (Phi) is 5.83. The summed E-state index contributed by atoms with van der Waals surface area (Å²) in [5.74, 6) is 0. The first-order valence-electron chi connectivity index (χ1n) is 11.7. The molecule has 0 aliphatic carbocycles. The van der Waals surface area contributed by atoms with Crippen LogP contribution in [0.2, 0.25) is 0 Å². The summed E-state index contributed by atoms with van der Waals surface area (Å²) in [4.78, 5) is 2.36. The normalized spacial score (nSPS) is 11.0. The monoisotopic (exact) mass is 468 g/mol. The predicted molar refractivity (Wildman–Crippen MR) is 151 cm³/mol. The van der Waals surface area contributed by atoms with Gasteiger partial charge in [0.25, 0.3) is 0 Å². The summed E-state index contributed by atoms with van der Waals surface area (Å²) >= 11 is 1.78. The molecule has 35 heavy (non-hydrogen) atoms. The summed E-state index contributed by atoms with van der Waals surface area (Å²) in [6.45, 7) is 0. The zero-order valence-corrected chi connectivity index (χ0v) is 19.9. The molecule has 6 rings (SSSR count). The highest BCUT2D eigenvalue weighted by molar-refractivity contribution is 7.99. The van der Waals surface area contributed by atoms with Gasteiger partial charge in [0.05, 0.1) is 11.4 Å². The fourth-order valence-electron chi connectivity index (χ4n) is 4.38. The number of hydrogen-bond acceptors (Lipinski definition) is 3. The van der Waals surface area contributed by atoms with Gasteiger partial charge >= 0.3 is 0 Å². The molecule has 2 nitrogen and oxygen atoms in total. The molecule has 0 fully saturated rings. The molecule has 0 saturated carbocycles. The van der Waals surface area contributed by atoms with Crippen molar-refractivity contribution in [2.45, 2.75) is 9.79 Å². The number of anilines is 4. The Morgan fingerprint density at radius 2 is 0.771 bits per heavy atom. The number of para-hydroxylation sites is 2. The Labute approximate surface area is 209 Å². The summed E-state index contributed by atoms with van der Waals surface area (Å²) in [6.07, 6.45) is 0. The van der Waals surface area contributed by atoms with Crippen molar-refractivity contribution in [1.29, 1.82) is 0 Å². The van der Waals surface area contributed by atoms with Crippen molar-refractivity contribution in [3.8, 4) is 0 Å². The lowest BCUT2D eigenvalue weighted by Crippen LogP contribution is -1.96. The number of benzene rings is 6. The molecule has 0 heterocycles. The van der Waals surface area contributed by atoms with Crippen LogP contribution in [0.1, 0.15) is 0 Å². The van der Waals surface area contributed by atoms with Gasteiger partial charge in [-0.3, -0.25) is 0 Å². The van der Waals surface area contributed by atoms with Crippen molar-refractivity contribution in [2.24, 2.45) is 0 Å². The molecule has 0 spiro atoms. The first-order chi connectivity index (χ1) is 17.3. The quantitative estimate of drug-likeness (QED) is 0.254. The molecule has 0 saturated heterocycles. The van der Waals surface area contributed by atoms with E-state index in [0.717, 1.165) is 22.7 Å². The second-order valence-corrected chi connectivity index (χ2v) is 9.49. The second kappa shape index (κ2) is 9.57. The van der Waals surface area contributed by atoms with Crippen LogP contribution in [0.5, 0.6) is 0 Å². The summed E-state index contributed by atoms with van der Waals surface area (Å²) in [7, 11) is 0. The van der Waals surface area contributed by atoms with Gasteiger partial charge in [-0.05, 0) is 47.2 Å². The fraction of sp³-hybridized carbons (Fsp3) is 0. The summed E-state index contributed by atoms with van der Waals surface area (Å²) < 4.78 is 0. The van der Waals surface area contributed by atoms with Gasteiger partial charge in [0.1, 0.15) is 0 Å². The lowest BCUT2D eigenvalue weighted by molar-refractivity contribution is 1.40. The van der Waals surface area contributed by atoms with Crippen molar-refractivity contribution in [2.75, 3.05) is 10.6 Å². The number of nitrogens with one attached hydrogen (secondary N) is 2. The van der Waals surface area contributed by atoms with Crippen LogP contribution in [0.15, 0.2) is 143 Å². The molecule has 0 aromatic heterocycles. The van der Waals surface area contributed by atoms with Crippen molar-refractivity contribution in [3.63, 3.8) is 0 Å². The molecule has 2 N–H and O–H groups in total. The fourth-order valence-corrected chi connectivity index (χ4v) is 5.42. The summed E-state index contributed by atoms with van der Waals surface area (Å²) in [6, 6.07) is 46.7. The Morgan fingerprint density at radius 3 is 1.23 bits per heavy atom. The highest BCUT2D eigenvalue weighted by atomic mass is 32.2. The van der Waals surface area contributed by atoms with E-state index in [2.05, 4.69) is 132 Å². The zero-order valence-electron chi connectivity index (χ0n) is 19.1. The molecular formula is C32H24N2S. The lowest BCUT2D eigenvalue weighted by atomic mass is 10.1. The first kappa shape index (κ1) is 21.3. The average Bonchev–Trinajstić information content (AvgIpc) is 2.92. The zero-order chi connectivity index (χ0) is 23.5. The van der Waals surface area contributed by atoms with E-state index in [9.17, 15) is 0 Å². The smallest absolute Gasteiger partial charge is 0.0605 e. The highest BCUT2D eigenvalue weighted by Gasteiger charge is 2.14. The Hall–Kier alpha value is -4.21. The molecule has 0 bridgehead atoms. The third kappa shape index (κ3) is 4.46. The van der Waals surface area contributed by atoms with Gasteiger partial charge in [-0.15, -0.1) is 0 Å². The van der Waals surface area contributed by atoms with Crippen molar-refractivity contribution < 1.29 is 0 Å². The van der Waals surface area contributed by atoms with Gasteiger partial charge in [0, 0.05) is 31.9 Å². The third-order valence-corrected chi connectivity index (χ3v) is 7.21. The van der Waals surface area contributed by atoms with E-state index in [0.29, 0.717) is 0 Å². The molecule has 0 unspecified atom stereocenters. The van der Waals surface area contributed by atoms with Gasteiger partial charge in [0.2, 0.25) is 0 Å². The maximum atomic E-state index is 3.70. The van der Waals surface area contributed by atoms with Crippen LogP contribution in [0.25, 0.3) is 21.5 Å². The lowest BCUT2D eigenvalue weighted by Gasteiger charge is -2.18. The van der Waals surface area contributed by atoms with E-state index in [4.69, 9.17) is 0 Å². The van der Waals surface area contributed by atoms with Crippen molar-refractivity contribution in [3.05, 3.63) is 133 Å². The number of hydrogen-bond donors (Lipinski definition) is 2. The predicted octanol–water partition coefficient (Wildman–Crippen LogP) is 9.63. The minimum absolute atomic E-state index is 1.08. The molecule has 168 valence electrons. The summed E-state index contributed by atoms with van der Waals surface area (Å²) in [5, 5.41) is 12.3. The van der Waals surface area contributed by atoms with Crippen LogP contribution in [0.3, 0.4) is 0 Å².